The van der Waals surface area contributed by atoms with Gasteiger partial charge in [-0.25, -0.2) is 4.98 Å². The van der Waals surface area contributed by atoms with Crippen LogP contribution in [0.5, 0.6) is 0 Å². The summed E-state index contributed by atoms with van der Waals surface area (Å²) in [5.74, 6) is 0.618. The lowest BCUT2D eigenvalue weighted by atomic mass is 10.1. The molecule has 2 N–H and O–H groups in total. The van der Waals surface area contributed by atoms with Crippen molar-refractivity contribution in [1.82, 2.24) is 9.38 Å². The van der Waals surface area contributed by atoms with E-state index in [2.05, 4.69) is 4.98 Å². The van der Waals surface area contributed by atoms with Crippen LogP contribution in [0.3, 0.4) is 0 Å². The number of pyridine rings is 1. The van der Waals surface area contributed by atoms with E-state index in [0.717, 1.165) is 21.9 Å². The second-order valence-corrected chi connectivity index (χ2v) is 5.20. The molecule has 1 aromatic carbocycles. The largest absolute Gasteiger partial charge is 0.383 e. The van der Waals surface area contributed by atoms with E-state index < -0.39 is 0 Å². The maximum absolute atomic E-state index is 6.10. The normalized spacial score (nSPS) is 11.1. The summed E-state index contributed by atoms with van der Waals surface area (Å²) in [6, 6.07) is 11.3. The van der Waals surface area contributed by atoms with Gasteiger partial charge in [0.15, 0.2) is 0 Å². The summed E-state index contributed by atoms with van der Waals surface area (Å²) in [6.07, 6.45) is 2.44. The van der Waals surface area contributed by atoms with Crippen molar-refractivity contribution in [1.29, 1.82) is 0 Å². The molecule has 3 nitrogen and oxygen atoms in total. The molecule has 2 heterocycles. The molecule has 0 bridgehead atoms. The molecule has 0 aliphatic carbocycles. The molecule has 3 aromatic rings. The number of anilines is 1. The van der Waals surface area contributed by atoms with Crippen molar-refractivity contribution in [2.45, 2.75) is 6.42 Å². The maximum Gasteiger partial charge on any atom is 0.138 e. The monoisotopic (exact) mass is 291 g/mol. The van der Waals surface area contributed by atoms with E-state index in [1.54, 1.807) is 16.7 Å². The summed E-state index contributed by atoms with van der Waals surface area (Å²) in [4.78, 5) is 4.52. The van der Waals surface area contributed by atoms with Crippen LogP contribution < -0.4 is 5.73 Å². The first-order valence-electron chi connectivity index (χ1n) is 5.80. The fourth-order valence-corrected chi connectivity index (χ4v) is 2.30. The Morgan fingerprint density at radius 1 is 1.00 bits per heavy atom. The van der Waals surface area contributed by atoms with Crippen LogP contribution in [0.1, 0.15) is 11.3 Å². The lowest BCUT2D eigenvalue weighted by Gasteiger charge is -2.00. The lowest BCUT2D eigenvalue weighted by molar-refractivity contribution is 1.12. The quantitative estimate of drug-likeness (QED) is 0.780. The molecular formula is C14H11Cl2N3. The number of imidazole rings is 1. The maximum atomic E-state index is 6.10. The second-order valence-electron chi connectivity index (χ2n) is 4.32. The molecule has 5 heteroatoms. The van der Waals surface area contributed by atoms with Crippen molar-refractivity contribution in [3.8, 4) is 0 Å². The molecule has 19 heavy (non-hydrogen) atoms. The third kappa shape index (κ3) is 2.39. The number of benzene rings is 1. The van der Waals surface area contributed by atoms with Crippen LogP contribution in [0.25, 0.3) is 5.65 Å². The highest BCUT2D eigenvalue weighted by Crippen LogP contribution is 2.21. The zero-order valence-electron chi connectivity index (χ0n) is 9.98. The van der Waals surface area contributed by atoms with Gasteiger partial charge in [-0.15, -0.1) is 0 Å². The summed E-state index contributed by atoms with van der Waals surface area (Å²) in [5, 5.41) is 1.35. The highest BCUT2D eigenvalue weighted by atomic mass is 35.5. The van der Waals surface area contributed by atoms with E-state index in [1.807, 2.05) is 30.3 Å². The Labute approximate surface area is 120 Å². The van der Waals surface area contributed by atoms with E-state index in [0.29, 0.717) is 17.3 Å². The standard InChI is InChI=1S/C14H11Cl2N3/c15-10-3-1-9(2-4-10)7-12-14(17)19-8-11(16)5-6-13(19)18-12/h1-6,8H,7,17H2. The molecule has 0 fully saturated rings. The van der Waals surface area contributed by atoms with Crippen LogP contribution in [-0.4, -0.2) is 9.38 Å². The van der Waals surface area contributed by atoms with Gasteiger partial charge in [0.05, 0.1) is 10.7 Å². The zero-order valence-corrected chi connectivity index (χ0v) is 11.5. The van der Waals surface area contributed by atoms with E-state index >= 15 is 0 Å². The number of hydrogen-bond donors (Lipinski definition) is 1. The topological polar surface area (TPSA) is 43.3 Å². The Morgan fingerprint density at radius 3 is 2.42 bits per heavy atom. The predicted molar refractivity (Wildman–Crippen MR) is 78.9 cm³/mol. The average molecular weight is 292 g/mol. The Bertz CT molecular complexity index is 732. The SMILES string of the molecule is Nc1c(Cc2ccc(Cl)cc2)nc2ccc(Cl)cn12. The minimum atomic E-state index is 0.618. The third-order valence-electron chi connectivity index (χ3n) is 2.98. The third-order valence-corrected chi connectivity index (χ3v) is 3.46. The first kappa shape index (κ1) is 12.3. The number of nitrogens with two attached hydrogens (primary N) is 1. The summed E-state index contributed by atoms with van der Waals surface area (Å²) in [7, 11) is 0. The molecule has 2 aromatic heterocycles. The van der Waals surface area contributed by atoms with Gasteiger partial charge < -0.3 is 5.73 Å². The minimum Gasteiger partial charge on any atom is -0.383 e. The Hall–Kier alpha value is -1.71. The number of nitrogen functional groups attached to an aromatic ring is 1. The van der Waals surface area contributed by atoms with Crippen molar-refractivity contribution in [2.24, 2.45) is 0 Å². The van der Waals surface area contributed by atoms with Crippen molar-refractivity contribution in [3.05, 3.63) is 63.9 Å². The molecule has 0 saturated heterocycles. The molecule has 0 aliphatic heterocycles. The Balaban J connectivity index is 2.01. The van der Waals surface area contributed by atoms with E-state index in [-0.39, 0.29) is 0 Å². The van der Waals surface area contributed by atoms with Gasteiger partial charge in [-0.2, -0.15) is 0 Å². The van der Waals surface area contributed by atoms with Crippen molar-refractivity contribution < 1.29 is 0 Å². The van der Waals surface area contributed by atoms with Gasteiger partial charge in [-0.3, -0.25) is 4.40 Å². The first-order valence-corrected chi connectivity index (χ1v) is 6.55. The average Bonchev–Trinajstić information content (AvgIpc) is 2.70. The van der Waals surface area contributed by atoms with Crippen LogP contribution in [0.4, 0.5) is 5.82 Å². The van der Waals surface area contributed by atoms with Gasteiger partial charge >= 0.3 is 0 Å². The smallest absolute Gasteiger partial charge is 0.138 e. The van der Waals surface area contributed by atoms with E-state index in [4.69, 9.17) is 28.9 Å². The number of fused-ring (bicyclic) bond motifs is 1. The molecular weight excluding hydrogens is 281 g/mol. The van der Waals surface area contributed by atoms with Gasteiger partial charge in [0.1, 0.15) is 11.5 Å². The van der Waals surface area contributed by atoms with Gasteiger partial charge in [0, 0.05) is 17.6 Å². The highest BCUT2D eigenvalue weighted by Gasteiger charge is 2.10. The highest BCUT2D eigenvalue weighted by molar-refractivity contribution is 6.30. The van der Waals surface area contributed by atoms with Crippen molar-refractivity contribution in [3.63, 3.8) is 0 Å². The van der Waals surface area contributed by atoms with E-state index in [1.165, 1.54) is 0 Å². The molecule has 0 spiro atoms. The number of halogens is 2. The molecule has 0 radical (unpaired) electrons. The molecule has 0 atom stereocenters. The van der Waals surface area contributed by atoms with Gasteiger partial charge in [-0.1, -0.05) is 35.3 Å². The first-order chi connectivity index (χ1) is 9.13. The lowest BCUT2D eigenvalue weighted by Crippen LogP contribution is -1.97. The number of aromatic nitrogens is 2. The van der Waals surface area contributed by atoms with Crippen LogP contribution in [0.2, 0.25) is 10.0 Å². The zero-order chi connectivity index (χ0) is 13.4. The fraction of sp³-hybridized carbons (Fsp3) is 0.0714. The molecule has 3 rings (SSSR count). The van der Waals surface area contributed by atoms with Crippen LogP contribution in [0, 0.1) is 0 Å². The summed E-state index contributed by atoms with van der Waals surface area (Å²) < 4.78 is 1.80. The number of hydrogen-bond acceptors (Lipinski definition) is 2. The number of rotatable bonds is 2. The fourth-order valence-electron chi connectivity index (χ4n) is 2.01. The molecule has 0 amide bonds. The summed E-state index contributed by atoms with van der Waals surface area (Å²) >= 11 is 11.8. The van der Waals surface area contributed by atoms with Gasteiger partial charge in [0.2, 0.25) is 0 Å². The summed E-state index contributed by atoms with van der Waals surface area (Å²) in [5.41, 5.74) is 8.85. The van der Waals surface area contributed by atoms with Gasteiger partial charge in [0.25, 0.3) is 0 Å². The predicted octanol–water partition coefficient (Wildman–Crippen LogP) is 3.81. The van der Waals surface area contributed by atoms with Crippen LogP contribution in [-0.2, 0) is 6.42 Å². The molecule has 0 unspecified atom stereocenters. The van der Waals surface area contributed by atoms with Crippen molar-refractivity contribution in [2.75, 3.05) is 5.73 Å². The molecule has 96 valence electrons. The van der Waals surface area contributed by atoms with E-state index in [9.17, 15) is 0 Å². The Morgan fingerprint density at radius 2 is 1.68 bits per heavy atom. The van der Waals surface area contributed by atoms with Crippen molar-refractivity contribution >= 4 is 34.7 Å². The Kier molecular flexibility index (Phi) is 3.09. The van der Waals surface area contributed by atoms with Crippen LogP contribution in [0.15, 0.2) is 42.6 Å². The van der Waals surface area contributed by atoms with Crippen LogP contribution >= 0.6 is 23.2 Å². The van der Waals surface area contributed by atoms with Gasteiger partial charge in [-0.05, 0) is 29.8 Å². The minimum absolute atomic E-state index is 0.618. The molecule has 0 aliphatic rings. The summed E-state index contributed by atoms with van der Waals surface area (Å²) in [6.45, 7) is 0. The number of nitrogens with zero attached hydrogens (tertiary/aromatic N) is 2. The second kappa shape index (κ2) is 4.76. The molecule has 0 saturated carbocycles.